The van der Waals surface area contributed by atoms with Gasteiger partial charge in [0, 0.05) is 29.6 Å². The van der Waals surface area contributed by atoms with Crippen LogP contribution in [0, 0.1) is 19.8 Å². The molecule has 2 unspecified atom stereocenters. The molecule has 1 aromatic rings. The molecular weight excluding hydrogens is 324 g/mol. The van der Waals surface area contributed by atoms with Crippen LogP contribution in [0.4, 0.5) is 0 Å². The fraction of sp³-hybridized carbons (Fsp3) is 0.667. The number of nitrogens with zero attached hydrogens (tertiary/aromatic N) is 1. The molecule has 2 aliphatic rings. The Labute approximate surface area is 137 Å². The zero-order valence-corrected chi connectivity index (χ0v) is 15.0. The van der Waals surface area contributed by atoms with Crippen molar-refractivity contribution in [3.63, 3.8) is 0 Å². The minimum Gasteiger partial charge on any atom is -0.311 e. The van der Waals surface area contributed by atoms with E-state index < -0.39 is 0 Å². The van der Waals surface area contributed by atoms with E-state index in [0.29, 0.717) is 0 Å². The predicted octanol–water partition coefficient (Wildman–Crippen LogP) is 4.03. The first-order valence-corrected chi connectivity index (χ1v) is 9.00. The van der Waals surface area contributed by atoms with Crippen molar-refractivity contribution in [1.82, 2.24) is 10.2 Å². The lowest BCUT2D eigenvalue weighted by Crippen LogP contribution is -2.41. The zero-order valence-electron chi connectivity index (χ0n) is 13.5. The van der Waals surface area contributed by atoms with Crippen molar-refractivity contribution in [2.45, 2.75) is 58.2 Å². The lowest BCUT2D eigenvalue weighted by molar-refractivity contribution is 0.207. The number of benzene rings is 1. The Hall–Kier alpha value is -0.380. The normalized spacial score (nSPS) is 28.3. The molecule has 2 heterocycles. The van der Waals surface area contributed by atoms with E-state index in [1.807, 2.05) is 0 Å². The number of hydrogen-bond donors (Lipinski definition) is 1. The number of hydrogen-bond acceptors (Lipinski definition) is 2. The summed E-state index contributed by atoms with van der Waals surface area (Å²) >= 11 is 3.59. The van der Waals surface area contributed by atoms with Gasteiger partial charge in [-0.3, -0.25) is 0 Å². The van der Waals surface area contributed by atoms with E-state index in [4.69, 9.17) is 0 Å². The number of fused-ring (bicyclic) bond motifs is 2. The van der Waals surface area contributed by atoms with Gasteiger partial charge in [0.1, 0.15) is 0 Å². The fourth-order valence-corrected chi connectivity index (χ4v) is 4.98. The second kappa shape index (κ2) is 6.39. The topological polar surface area (TPSA) is 15.3 Å². The summed E-state index contributed by atoms with van der Waals surface area (Å²) in [5.41, 5.74) is 4.30. The van der Waals surface area contributed by atoms with Crippen LogP contribution in [-0.4, -0.2) is 30.6 Å². The molecule has 1 aromatic carbocycles. The van der Waals surface area contributed by atoms with Gasteiger partial charge in [0.05, 0.1) is 0 Å². The van der Waals surface area contributed by atoms with Crippen LogP contribution < -0.4 is 5.32 Å². The monoisotopic (exact) mass is 350 g/mol. The van der Waals surface area contributed by atoms with E-state index >= 15 is 0 Å². The molecule has 0 spiro atoms. The Morgan fingerprint density at radius 1 is 1.14 bits per heavy atom. The van der Waals surface area contributed by atoms with Gasteiger partial charge in [-0.25, -0.2) is 0 Å². The summed E-state index contributed by atoms with van der Waals surface area (Å²) in [6.07, 6.45) is 5.55. The molecule has 3 heteroatoms. The van der Waals surface area contributed by atoms with Crippen molar-refractivity contribution < 1.29 is 0 Å². The SMILES string of the molecule is Cc1cc(Br)cc(C)c1CN(C)CC1CC2CCC(C1)N2. The van der Waals surface area contributed by atoms with Crippen molar-refractivity contribution >= 4 is 15.9 Å². The molecule has 2 aliphatic heterocycles. The van der Waals surface area contributed by atoms with Crippen molar-refractivity contribution in [3.8, 4) is 0 Å². The maximum Gasteiger partial charge on any atom is 0.0236 e. The summed E-state index contributed by atoms with van der Waals surface area (Å²) in [5, 5.41) is 3.74. The largest absolute Gasteiger partial charge is 0.311 e. The highest BCUT2D eigenvalue weighted by Gasteiger charge is 2.33. The standard InChI is InChI=1S/C18H27BrN2/c1-12-6-15(19)7-13(2)18(12)11-21(3)10-14-8-16-4-5-17(9-14)20-16/h6-7,14,16-17,20H,4-5,8-11H2,1-3H3. The molecule has 2 saturated heterocycles. The first-order valence-electron chi connectivity index (χ1n) is 8.21. The Bertz CT molecular complexity index is 479. The van der Waals surface area contributed by atoms with Crippen molar-refractivity contribution in [1.29, 1.82) is 0 Å². The minimum atomic E-state index is 0.804. The minimum absolute atomic E-state index is 0.804. The average molecular weight is 351 g/mol. The first kappa shape index (κ1) is 15.5. The second-order valence-corrected chi connectivity index (χ2v) is 8.11. The van der Waals surface area contributed by atoms with Crippen LogP contribution in [-0.2, 0) is 6.54 Å². The smallest absolute Gasteiger partial charge is 0.0236 e. The maximum atomic E-state index is 3.74. The number of aryl methyl sites for hydroxylation is 2. The molecule has 2 atom stereocenters. The van der Waals surface area contributed by atoms with Gasteiger partial charge < -0.3 is 10.2 Å². The quantitative estimate of drug-likeness (QED) is 0.881. The van der Waals surface area contributed by atoms with Crippen molar-refractivity contribution in [2.24, 2.45) is 5.92 Å². The maximum absolute atomic E-state index is 3.74. The Kier molecular flexibility index (Phi) is 4.72. The van der Waals surface area contributed by atoms with Crippen molar-refractivity contribution in [2.75, 3.05) is 13.6 Å². The van der Waals surface area contributed by atoms with Gasteiger partial charge in [-0.05, 0) is 81.3 Å². The molecule has 1 N–H and O–H groups in total. The van der Waals surface area contributed by atoms with Crippen LogP contribution in [0.2, 0.25) is 0 Å². The first-order chi connectivity index (χ1) is 10.0. The number of rotatable bonds is 4. The second-order valence-electron chi connectivity index (χ2n) is 7.19. The number of piperidine rings is 1. The van der Waals surface area contributed by atoms with E-state index in [9.17, 15) is 0 Å². The average Bonchev–Trinajstić information content (AvgIpc) is 2.73. The summed E-state index contributed by atoms with van der Waals surface area (Å²) in [7, 11) is 2.28. The predicted molar refractivity (Wildman–Crippen MR) is 92.6 cm³/mol. The molecule has 2 fully saturated rings. The van der Waals surface area contributed by atoms with Crippen molar-refractivity contribution in [3.05, 3.63) is 33.3 Å². The van der Waals surface area contributed by atoms with Crippen LogP contribution in [0.25, 0.3) is 0 Å². The van der Waals surface area contributed by atoms with Gasteiger partial charge in [-0.1, -0.05) is 15.9 Å². The van der Waals surface area contributed by atoms with E-state index in [0.717, 1.165) is 24.5 Å². The lowest BCUT2D eigenvalue weighted by Gasteiger charge is -2.32. The summed E-state index contributed by atoms with van der Waals surface area (Å²) in [5.74, 6) is 0.879. The lowest BCUT2D eigenvalue weighted by atomic mass is 9.92. The van der Waals surface area contributed by atoms with E-state index in [1.54, 1.807) is 0 Å². The van der Waals surface area contributed by atoms with Crippen LogP contribution >= 0.6 is 15.9 Å². The zero-order chi connectivity index (χ0) is 15.0. The van der Waals surface area contributed by atoms with Gasteiger partial charge in [0.2, 0.25) is 0 Å². The summed E-state index contributed by atoms with van der Waals surface area (Å²) in [4.78, 5) is 2.53. The third kappa shape index (κ3) is 3.69. The third-order valence-electron chi connectivity index (χ3n) is 5.23. The molecule has 21 heavy (non-hydrogen) atoms. The molecule has 0 aliphatic carbocycles. The van der Waals surface area contributed by atoms with Crippen LogP contribution in [0.15, 0.2) is 16.6 Å². The molecule has 0 saturated carbocycles. The Balaban J connectivity index is 1.60. The van der Waals surface area contributed by atoms with Gasteiger partial charge in [0.15, 0.2) is 0 Å². The molecule has 3 rings (SSSR count). The van der Waals surface area contributed by atoms with Crippen LogP contribution in [0.5, 0.6) is 0 Å². The highest BCUT2D eigenvalue weighted by Crippen LogP contribution is 2.31. The van der Waals surface area contributed by atoms with Gasteiger partial charge in [-0.15, -0.1) is 0 Å². The number of nitrogens with one attached hydrogen (secondary N) is 1. The molecule has 2 nitrogen and oxygen atoms in total. The molecule has 0 amide bonds. The van der Waals surface area contributed by atoms with E-state index in [1.165, 1.54) is 53.4 Å². The van der Waals surface area contributed by atoms with Gasteiger partial charge >= 0.3 is 0 Å². The summed E-state index contributed by atoms with van der Waals surface area (Å²) < 4.78 is 1.19. The Morgan fingerprint density at radius 3 is 2.29 bits per heavy atom. The van der Waals surface area contributed by atoms with Gasteiger partial charge in [0.25, 0.3) is 0 Å². The molecule has 116 valence electrons. The fourth-order valence-electron chi connectivity index (χ4n) is 4.29. The Morgan fingerprint density at radius 2 is 1.71 bits per heavy atom. The van der Waals surface area contributed by atoms with Crippen LogP contribution in [0.3, 0.4) is 0 Å². The molecule has 2 bridgehead atoms. The summed E-state index contributed by atoms with van der Waals surface area (Å²) in [6, 6.07) is 6.08. The van der Waals surface area contributed by atoms with E-state index in [2.05, 4.69) is 59.2 Å². The highest BCUT2D eigenvalue weighted by molar-refractivity contribution is 9.10. The molecular formula is C18H27BrN2. The van der Waals surface area contributed by atoms with Crippen LogP contribution in [0.1, 0.15) is 42.4 Å². The summed E-state index contributed by atoms with van der Waals surface area (Å²) in [6.45, 7) is 6.77. The highest BCUT2D eigenvalue weighted by atomic mass is 79.9. The molecule has 0 aromatic heterocycles. The van der Waals surface area contributed by atoms with Gasteiger partial charge in [-0.2, -0.15) is 0 Å². The number of halogens is 1. The third-order valence-corrected chi connectivity index (χ3v) is 5.69. The van der Waals surface area contributed by atoms with E-state index in [-0.39, 0.29) is 0 Å². The molecule has 0 radical (unpaired) electrons.